The van der Waals surface area contributed by atoms with Crippen molar-refractivity contribution >= 4 is 66.9 Å². The summed E-state index contributed by atoms with van der Waals surface area (Å²) >= 11 is 0. The van der Waals surface area contributed by atoms with Gasteiger partial charge in [0, 0.05) is 84.4 Å². The van der Waals surface area contributed by atoms with Gasteiger partial charge in [-0.2, -0.15) is 0 Å². The Morgan fingerprint density at radius 2 is 0.808 bits per heavy atom. The first-order chi connectivity index (χ1) is 25.2. The van der Waals surface area contributed by atoms with E-state index in [0.717, 1.165) is 115 Å². The number of unbranched alkanes of at least 4 members (excludes halogenated alkanes) is 1. The number of nitrogen functional groups attached to an aromatic ring is 2. The van der Waals surface area contributed by atoms with Gasteiger partial charge in [0.15, 0.2) is 0 Å². The third-order valence-electron chi connectivity index (χ3n) is 10.1. The number of hydrogen-bond donors (Lipinski definition) is 4. The number of rotatable bonds is 9. The molecule has 0 aliphatic rings. The first-order valence-corrected chi connectivity index (χ1v) is 18.0. The summed E-state index contributed by atoms with van der Waals surface area (Å²) in [6, 6.07) is 37.9. The van der Waals surface area contributed by atoms with Gasteiger partial charge in [-0.1, -0.05) is 36.4 Å². The van der Waals surface area contributed by atoms with Gasteiger partial charge in [0.25, 0.3) is 0 Å². The van der Waals surface area contributed by atoms with Gasteiger partial charge in [0.05, 0.1) is 0 Å². The summed E-state index contributed by atoms with van der Waals surface area (Å²) in [5.41, 5.74) is 30.9. The van der Waals surface area contributed by atoms with E-state index in [1.807, 2.05) is 38.1 Å². The van der Waals surface area contributed by atoms with Crippen molar-refractivity contribution < 1.29 is 9.13 Å². The Bertz CT molecular complexity index is 2450. The van der Waals surface area contributed by atoms with Crippen LogP contribution >= 0.6 is 0 Å². The Labute approximate surface area is 303 Å². The van der Waals surface area contributed by atoms with E-state index in [1.165, 1.54) is 11.1 Å². The van der Waals surface area contributed by atoms with E-state index in [2.05, 4.69) is 119 Å². The number of aryl methyl sites for hydroxylation is 4. The fourth-order valence-corrected chi connectivity index (χ4v) is 7.14. The molecule has 0 saturated heterocycles. The molecule has 2 heterocycles. The van der Waals surface area contributed by atoms with Crippen LogP contribution in [0.15, 0.2) is 109 Å². The number of hydrogen-bond acceptors (Lipinski definition) is 6. The molecule has 0 amide bonds. The molecule has 0 aliphatic carbocycles. The summed E-state index contributed by atoms with van der Waals surface area (Å²) in [5, 5.41) is 7.44. The van der Waals surface area contributed by atoms with Crippen LogP contribution < -0.4 is 31.2 Å². The molecule has 258 valence electrons. The Kier molecular flexibility index (Phi) is 8.51. The van der Waals surface area contributed by atoms with Crippen molar-refractivity contribution in [3.8, 4) is 11.4 Å². The summed E-state index contributed by atoms with van der Waals surface area (Å²) in [6.45, 7) is 10.1. The van der Waals surface area contributed by atoms with Crippen LogP contribution in [0.4, 0.5) is 22.7 Å². The molecule has 0 fully saturated rings. The van der Waals surface area contributed by atoms with E-state index in [4.69, 9.17) is 21.4 Å². The quantitative estimate of drug-likeness (QED) is 0.0527. The molecule has 52 heavy (non-hydrogen) atoms. The predicted molar refractivity (Wildman–Crippen MR) is 216 cm³/mol. The minimum Gasteiger partial charge on any atom is -0.398 e. The maximum absolute atomic E-state index is 6.40. The van der Waals surface area contributed by atoms with Gasteiger partial charge in [0.2, 0.25) is 33.4 Å². The first-order valence-electron chi connectivity index (χ1n) is 18.0. The first kappa shape index (κ1) is 32.9. The molecule has 6 N–H and O–H groups in total. The normalized spacial score (nSPS) is 11.5. The minimum absolute atomic E-state index is 0.761. The van der Waals surface area contributed by atoms with Crippen LogP contribution in [0.1, 0.15) is 35.1 Å². The zero-order chi connectivity index (χ0) is 35.9. The molecular formula is C44H44N8+2. The summed E-state index contributed by atoms with van der Waals surface area (Å²) < 4.78 is 4.54. The molecule has 0 atom stereocenters. The second-order valence-electron chi connectivity index (χ2n) is 13.8. The van der Waals surface area contributed by atoms with Crippen molar-refractivity contribution in [2.45, 2.75) is 40.5 Å². The van der Waals surface area contributed by atoms with Crippen molar-refractivity contribution in [2.24, 2.45) is 0 Å². The lowest BCUT2D eigenvalue weighted by Gasteiger charge is -2.13. The number of benzene rings is 6. The summed E-state index contributed by atoms with van der Waals surface area (Å²) in [7, 11) is 0. The van der Waals surface area contributed by atoms with E-state index in [0.29, 0.717) is 0 Å². The average Bonchev–Trinajstić information content (AvgIpc) is 3.14. The van der Waals surface area contributed by atoms with Crippen molar-refractivity contribution in [1.29, 1.82) is 0 Å². The molecule has 0 radical (unpaired) electrons. The van der Waals surface area contributed by atoms with Crippen molar-refractivity contribution in [2.75, 3.05) is 35.2 Å². The third kappa shape index (κ3) is 6.06. The highest BCUT2D eigenvalue weighted by Gasteiger charge is 2.23. The minimum atomic E-state index is 0.761. The van der Waals surface area contributed by atoms with Crippen LogP contribution in [0.2, 0.25) is 0 Å². The average molecular weight is 685 g/mol. The number of nitrogens with two attached hydrogens (primary N) is 2. The van der Waals surface area contributed by atoms with E-state index >= 15 is 0 Å². The van der Waals surface area contributed by atoms with Crippen LogP contribution in [-0.2, 0) is 0 Å². The second kappa shape index (κ2) is 13.5. The smallest absolute Gasteiger partial charge is 0.239 e. The van der Waals surface area contributed by atoms with E-state index in [-0.39, 0.29) is 0 Å². The molecule has 0 bridgehead atoms. The second-order valence-corrected chi connectivity index (χ2v) is 13.8. The summed E-state index contributed by atoms with van der Waals surface area (Å²) in [6.07, 6.45) is 2.02. The molecule has 8 heteroatoms. The molecule has 2 aromatic heterocycles. The van der Waals surface area contributed by atoms with Gasteiger partial charge in [-0.3, -0.25) is 0 Å². The van der Waals surface area contributed by atoms with E-state index < -0.39 is 0 Å². The van der Waals surface area contributed by atoms with Gasteiger partial charge < -0.3 is 22.1 Å². The van der Waals surface area contributed by atoms with Gasteiger partial charge in [-0.05, 0) is 87.1 Å². The number of nitrogens with one attached hydrogen (secondary N) is 2. The number of fused-ring (bicyclic) bond motifs is 4. The molecule has 8 aromatic rings. The molecule has 0 spiro atoms. The van der Waals surface area contributed by atoms with Crippen molar-refractivity contribution in [1.82, 2.24) is 9.97 Å². The van der Waals surface area contributed by atoms with Gasteiger partial charge in [0.1, 0.15) is 22.1 Å². The number of para-hydroxylation sites is 2. The molecule has 8 nitrogen and oxygen atoms in total. The van der Waals surface area contributed by atoms with E-state index in [9.17, 15) is 0 Å². The maximum atomic E-state index is 6.40. The maximum Gasteiger partial charge on any atom is 0.239 e. The summed E-state index contributed by atoms with van der Waals surface area (Å²) in [5.74, 6) is 0. The van der Waals surface area contributed by atoms with Crippen LogP contribution in [-0.4, -0.2) is 23.1 Å². The zero-order valence-corrected chi connectivity index (χ0v) is 30.2. The largest absolute Gasteiger partial charge is 0.398 e. The van der Waals surface area contributed by atoms with Crippen LogP contribution in [0.5, 0.6) is 0 Å². The highest BCUT2D eigenvalue weighted by Crippen LogP contribution is 2.28. The molecule has 0 unspecified atom stereocenters. The fourth-order valence-electron chi connectivity index (χ4n) is 7.14. The monoisotopic (exact) mass is 684 g/mol. The Hall–Kier alpha value is -6.28. The topological polar surface area (TPSA) is 110 Å². The van der Waals surface area contributed by atoms with Crippen LogP contribution in [0.3, 0.4) is 0 Å². The molecule has 6 aromatic carbocycles. The lowest BCUT2D eigenvalue weighted by Crippen LogP contribution is -2.33. The van der Waals surface area contributed by atoms with Crippen LogP contribution in [0.25, 0.3) is 55.5 Å². The van der Waals surface area contributed by atoms with Gasteiger partial charge in [-0.25, -0.2) is 9.97 Å². The fraction of sp³-hybridized carbons (Fsp3) is 0.182. The predicted octanol–water partition coefficient (Wildman–Crippen LogP) is 8.35. The van der Waals surface area contributed by atoms with Crippen LogP contribution in [0, 0.1) is 27.7 Å². The van der Waals surface area contributed by atoms with Gasteiger partial charge >= 0.3 is 0 Å². The molecule has 0 aliphatic heterocycles. The molecule has 8 rings (SSSR count). The highest BCUT2D eigenvalue weighted by molar-refractivity contribution is 5.88. The standard InChI is InChI=1S/C44H42N8/c1-27-19-37-41(23-33(27)45)51(31-13-7-5-8-14-31)43-25-35(29(3)21-39(43)49-37)47-17-11-12-18-48-36-26-44-40(22-30(36)4)50-38-20-28(2)34(46)24-42(38)52(44)32-15-9-6-10-16-32/h5-10,13-16,19-26H,11-12,17-18H2,1-4H3,(H4,45,46,47,48)/p+2. The Morgan fingerprint density at radius 3 is 1.19 bits per heavy atom. The SMILES string of the molecule is Cc1cc2nc3cc(C)c(NCCCCNc4cc5c(cc4C)nc4cc(C)c(N)cc4[n+]5-c4ccccc4)cc3[n+](-c3ccccc3)c2cc1N. The van der Waals surface area contributed by atoms with Gasteiger partial charge in [-0.15, -0.1) is 9.13 Å². The Balaban J connectivity index is 1.02. The number of nitrogens with zero attached hydrogens (tertiary/aromatic N) is 4. The van der Waals surface area contributed by atoms with E-state index in [1.54, 1.807) is 0 Å². The summed E-state index contributed by atoms with van der Waals surface area (Å²) in [4.78, 5) is 10.1. The van der Waals surface area contributed by atoms with Crippen molar-refractivity contribution in [3.63, 3.8) is 0 Å². The third-order valence-corrected chi connectivity index (χ3v) is 10.1. The number of anilines is 4. The molecular weight excluding hydrogens is 641 g/mol. The lowest BCUT2D eigenvalue weighted by atomic mass is 10.1. The lowest BCUT2D eigenvalue weighted by molar-refractivity contribution is -0.538. The molecule has 0 saturated carbocycles. The highest BCUT2D eigenvalue weighted by atomic mass is 15.0. The van der Waals surface area contributed by atoms with Crippen molar-refractivity contribution in [3.05, 3.63) is 131 Å². The Morgan fingerprint density at radius 1 is 0.462 bits per heavy atom. The number of aromatic nitrogens is 4. The zero-order valence-electron chi connectivity index (χ0n) is 30.2.